The second-order valence-corrected chi connectivity index (χ2v) is 8.25. The summed E-state index contributed by atoms with van der Waals surface area (Å²) < 4.78 is 11.7. The Morgan fingerprint density at radius 2 is 1.88 bits per heavy atom. The van der Waals surface area contributed by atoms with Crippen LogP contribution in [0.3, 0.4) is 0 Å². The van der Waals surface area contributed by atoms with Gasteiger partial charge < -0.3 is 14.8 Å². The van der Waals surface area contributed by atoms with Crippen LogP contribution in [-0.4, -0.2) is 45.3 Å². The summed E-state index contributed by atoms with van der Waals surface area (Å²) in [5, 5.41) is 18.1. The van der Waals surface area contributed by atoms with E-state index in [4.69, 9.17) is 9.47 Å². The van der Waals surface area contributed by atoms with E-state index in [0.29, 0.717) is 11.3 Å². The summed E-state index contributed by atoms with van der Waals surface area (Å²) >= 11 is 0.934. The molecular weight excluding hydrogens is 440 g/mol. The molecule has 12 heteroatoms. The van der Waals surface area contributed by atoms with Gasteiger partial charge in [-0.25, -0.2) is 9.59 Å². The fraction of sp³-hybridized carbons (Fsp3) is 0.500. The number of aromatic nitrogens is 2. The summed E-state index contributed by atoms with van der Waals surface area (Å²) in [7, 11) is 0. The largest absolute Gasteiger partial charge is 0.462 e. The highest BCUT2D eigenvalue weighted by Crippen LogP contribution is 2.34. The summed E-state index contributed by atoms with van der Waals surface area (Å²) in [5.41, 5.74) is 0.986. The number of anilines is 1. The highest BCUT2D eigenvalue weighted by molar-refractivity contribution is 7.18. The molecule has 2 aromatic rings. The van der Waals surface area contributed by atoms with E-state index in [1.54, 1.807) is 34.6 Å². The predicted octanol–water partition coefficient (Wildman–Crippen LogP) is 3.55. The zero-order valence-electron chi connectivity index (χ0n) is 18.8. The second-order valence-electron chi connectivity index (χ2n) is 7.23. The van der Waals surface area contributed by atoms with Gasteiger partial charge in [-0.3, -0.25) is 19.6 Å². The number of thiophene rings is 1. The Bertz CT molecular complexity index is 1060. The molecule has 0 aliphatic heterocycles. The lowest BCUT2D eigenvalue weighted by atomic mass is 10.1. The third-order valence-electron chi connectivity index (χ3n) is 4.48. The normalized spacial score (nSPS) is 10.8. The third kappa shape index (κ3) is 5.49. The molecule has 0 fully saturated rings. The fourth-order valence-corrected chi connectivity index (χ4v) is 4.18. The quantitative estimate of drug-likeness (QED) is 0.336. The zero-order chi connectivity index (χ0) is 24.2. The van der Waals surface area contributed by atoms with E-state index in [1.165, 1.54) is 11.6 Å². The summed E-state index contributed by atoms with van der Waals surface area (Å²) in [6.45, 7) is 10.00. The van der Waals surface area contributed by atoms with Gasteiger partial charge in [-0.2, -0.15) is 5.10 Å². The van der Waals surface area contributed by atoms with Crippen LogP contribution in [-0.2, 0) is 20.8 Å². The molecule has 0 unspecified atom stereocenters. The van der Waals surface area contributed by atoms with Gasteiger partial charge in [0, 0.05) is 6.42 Å². The van der Waals surface area contributed by atoms with E-state index in [0.717, 1.165) is 11.3 Å². The number of hydrogen-bond donors (Lipinski definition) is 1. The molecule has 0 aliphatic rings. The van der Waals surface area contributed by atoms with Crippen molar-refractivity contribution in [3.8, 4) is 0 Å². The topological polar surface area (TPSA) is 143 Å². The van der Waals surface area contributed by atoms with E-state index < -0.39 is 28.9 Å². The van der Waals surface area contributed by atoms with Crippen LogP contribution in [0.4, 0.5) is 10.7 Å². The molecule has 174 valence electrons. The van der Waals surface area contributed by atoms with E-state index in [9.17, 15) is 24.5 Å². The number of esters is 2. The van der Waals surface area contributed by atoms with Gasteiger partial charge in [0.1, 0.15) is 21.3 Å². The van der Waals surface area contributed by atoms with Crippen molar-refractivity contribution >= 4 is 39.9 Å². The van der Waals surface area contributed by atoms with E-state index in [-0.39, 0.29) is 46.4 Å². The van der Waals surface area contributed by atoms with E-state index in [2.05, 4.69) is 10.4 Å². The van der Waals surface area contributed by atoms with Gasteiger partial charge in [-0.05, 0) is 47.1 Å². The van der Waals surface area contributed by atoms with Crippen molar-refractivity contribution in [2.75, 3.05) is 11.9 Å². The number of carbonyl (C=O) groups excluding carboxylic acids is 3. The molecule has 1 N–H and O–H groups in total. The lowest BCUT2D eigenvalue weighted by Gasteiger charge is -2.10. The minimum atomic E-state index is -0.659. The smallest absolute Gasteiger partial charge is 0.348 e. The average molecular weight is 467 g/mol. The number of nitrogens with zero attached hydrogens (tertiary/aromatic N) is 3. The fourth-order valence-electron chi connectivity index (χ4n) is 3.08. The van der Waals surface area contributed by atoms with E-state index >= 15 is 0 Å². The lowest BCUT2D eigenvalue weighted by molar-refractivity contribution is -0.386. The van der Waals surface area contributed by atoms with Crippen LogP contribution in [0, 0.1) is 30.9 Å². The van der Waals surface area contributed by atoms with Crippen molar-refractivity contribution in [1.82, 2.24) is 9.78 Å². The van der Waals surface area contributed by atoms with Gasteiger partial charge >= 0.3 is 17.6 Å². The van der Waals surface area contributed by atoms with Crippen molar-refractivity contribution in [3.63, 3.8) is 0 Å². The Hall–Kier alpha value is -3.28. The molecule has 2 heterocycles. The van der Waals surface area contributed by atoms with Crippen LogP contribution >= 0.6 is 11.3 Å². The van der Waals surface area contributed by atoms with Crippen LogP contribution in [0.5, 0.6) is 0 Å². The van der Waals surface area contributed by atoms with Gasteiger partial charge in [0.15, 0.2) is 0 Å². The molecular formula is C20H26N4O7S. The Morgan fingerprint density at radius 3 is 2.41 bits per heavy atom. The molecule has 0 saturated heterocycles. The number of aryl methyl sites for hydroxylation is 2. The SMILES string of the molecule is CCOC(=O)c1sc(NC(=O)CCn2nc(C)c([N+](=O)[O-])c2C)c(C(=O)OC(C)C)c1C. The maximum absolute atomic E-state index is 12.6. The monoisotopic (exact) mass is 466 g/mol. The summed E-state index contributed by atoms with van der Waals surface area (Å²) in [6, 6.07) is 0. The van der Waals surface area contributed by atoms with Crippen molar-refractivity contribution in [2.45, 2.75) is 60.6 Å². The molecule has 1 amide bonds. The van der Waals surface area contributed by atoms with Crippen molar-refractivity contribution < 1.29 is 28.8 Å². The highest BCUT2D eigenvalue weighted by atomic mass is 32.1. The van der Waals surface area contributed by atoms with Crippen LogP contribution in [0.15, 0.2) is 0 Å². The van der Waals surface area contributed by atoms with Crippen molar-refractivity contribution in [2.24, 2.45) is 0 Å². The molecule has 2 aromatic heterocycles. The zero-order valence-corrected chi connectivity index (χ0v) is 19.6. The Balaban J connectivity index is 2.25. The first kappa shape index (κ1) is 25.0. The van der Waals surface area contributed by atoms with Gasteiger partial charge in [0.2, 0.25) is 5.91 Å². The molecule has 32 heavy (non-hydrogen) atoms. The first-order valence-electron chi connectivity index (χ1n) is 9.97. The van der Waals surface area contributed by atoms with Crippen LogP contribution in [0.1, 0.15) is 64.2 Å². The molecule has 0 radical (unpaired) electrons. The van der Waals surface area contributed by atoms with Gasteiger partial charge in [0.05, 0.1) is 29.7 Å². The number of nitro groups is 1. The van der Waals surface area contributed by atoms with Gasteiger partial charge in [-0.1, -0.05) is 0 Å². The number of hydrogen-bond acceptors (Lipinski definition) is 9. The molecule has 2 rings (SSSR count). The second kappa shape index (κ2) is 10.4. The number of amides is 1. The first-order valence-corrected chi connectivity index (χ1v) is 10.8. The number of ether oxygens (including phenoxy) is 2. The maximum atomic E-state index is 12.6. The van der Waals surface area contributed by atoms with Gasteiger partial charge in [-0.15, -0.1) is 11.3 Å². The van der Waals surface area contributed by atoms with Crippen LogP contribution in [0.25, 0.3) is 0 Å². The lowest BCUT2D eigenvalue weighted by Crippen LogP contribution is -2.18. The minimum Gasteiger partial charge on any atom is -0.462 e. The Morgan fingerprint density at radius 1 is 1.22 bits per heavy atom. The Kier molecular flexibility index (Phi) is 8.08. The molecule has 0 aromatic carbocycles. The van der Waals surface area contributed by atoms with Crippen molar-refractivity contribution in [1.29, 1.82) is 0 Å². The number of nitrogens with one attached hydrogen (secondary N) is 1. The first-order chi connectivity index (χ1) is 15.0. The number of carbonyl (C=O) groups is 3. The maximum Gasteiger partial charge on any atom is 0.348 e. The summed E-state index contributed by atoms with van der Waals surface area (Å²) in [4.78, 5) is 48.3. The van der Waals surface area contributed by atoms with Crippen molar-refractivity contribution in [3.05, 3.63) is 37.5 Å². The minimum absolute atomic E-state index is 0.0521. The summed E-state index contributed by atoms with van der Waals surface area (Å²) in [5.74, 6) is -1.70. The molecule has 0 bridgehead atoms. The number of rotatable bonds is 9. The van der Waals surface area contributed by atoms with Crippen LogP contribution in [0.2, 0.25) is 0 Å². The highest BCUT2D eigenvalue weighted by Gasteiger charge is 2.28. The predicted molar refractivity (Wildman–Crippen MR) is 117 cm³/mol. The molecule has 0 saturated carbocycles. The standard InChI is InChI=1S/C20H26N4O7S/c1-7-30-20(27)17-11(4)15(19(26)31-10(2)3)18(32-17)21-14(25)8-9-23-13(6)16(24(28)29)12(5)22-23/h10H,7-9H2,1-6H3,(H,21,25). The molecule has 0 atom stereocenters. The van der Waals surface area contributed by atoms with Gasteiger partial charge in [0.25, 0.3) is 0 Å². The van der Waals surface area contributed by atoms with E-state index in [1.807, 2.05) is 0 Å². The van der Waals surface area contributed by atoms with Crippen LogP contribution < -0.4 is 5.32 Å². The molecule has 11 nitrogen and oxygen atoms in total. The summed E-state index contributed by atoms with van der Waals surface area (Å²) in [6.07, 6.45) is -0.443. The third-order valence-corrected chi connectivity index (χ3v) is 5.67. The average Bonchev–Trinajstić information content (AvgIpc) is 3.15. The Labute approximate surface area is 188 Å². The molecule has 0 aliphatic carbocycles. The molecule has 0 spiro atoms.